The van der Waals surface area contributed by atoms with Gasteiger partial charge < -0.3 is 4.74 Å². The highest BCUT2D eigenvalue weighted by atomic mass is 16.5. The van der Waals surface area contributed by atoms with E-state index in [4.69, 9.17) is 4.74 Å². The third-order valence-corrected chi connectivity index (χ3v) is 5.04. The molecule has 2 bridgehead atoms. The molecule has 0 aromatic heterocycles. The Labute approximate surface area is 133 Å². The van der Waals surface area contributed by atoms with Crippen molar-refractivity contribution in [2.75, 3.05) is 7.11 Å². The molecule has 1 N–H and O–H groups in total. The second kappa shape index (κ2) is 4.94. The van der Waals surface area contributed by atoms with Crippen molar-refractivity contribution in [1.82, 2.24) is 10.4 Å². The summed E-state index contributed by atoms with van der Waals surface area (Å²) < 4.78 is 5.14. The van der Waals surface area contributed by atoms with Gasteiger partial charge in [0.25, 0.3) is 17.7 Å². The summed E-state index contributed by atoms with van der Waals surface area (Å²) in [6, 6.07) is 6.69. The van der Waals surface area contributed by atoms with E-state index in [2.05, 4.69) is 5.43 Å². The summed E-state index contributed by atoms with van der Waals surface area (Å²) >= 11 is 0. The number of hydrogen-bond donors (Lipinski definition) is 1. The van der Waals surface area contributed by atoms with E-state index in [9.17, 15) is 14.4 Å². The lowest BCUT2D eigenvalue weighted by atomic mass is 9.85. The Hall–Kier alpha value is -2.63. The standard InChI is InChI=1S/C17H16N2O4/c1-23-12-5-3-2-4-11(12)15(20)18-19-16(21)13-9-6-7-10(8-9)14(13)17(19)22/h2-7,9-10,13-14H,8H2,1H3,(H,18,20)/t9-,10+,13-,14+. The summed E-state index contributed by atoms with van der Waals surface area (Å²) in [5.41, 5.74) is 2.74. The Balaban J connectivity index is 1.57. The first-order valence-corrected chi connectivity index (χ1v) is 7.62. The number of fused-ring (bicyclic) bond motifs is 5. The van der Waals surface area contributed by atoms with Crippen molar-refractivity contribution in [2.24, 2.45) is 23.7 Å². The summed E-state index contributed by atoms with van der Waals surface area (Å²) in [5, 5.41) is 0.899. The van der Waals surface area contributed by atoms with Crippen LogP contribution in [0.15, 0.2) is 36.4 Å². The smallest absolute Gasteiger partial charge is 0.274 e. The van der Waals surface area contributed by atoms with Crippen LogP contribution >= 0.6 is 0 Å². The molecule has 118 valence electrons. The lowest BCUT2D eigenvalue weighted by Gasteiger charge is -2.18. The van der Waals surface area contributed by atoms with E-state index >= 15 is 0 Å². The highest BCUT2D eigenvalue weighted by Gasteiger charge is 2.59. The van der Waals surface area contributed by atoms with E-state index in [-0.39, 0.29) is 41.0 Å². The van der Waals surface area contributed by atoms with Crippen molar-refractivity contribution in [3.8, 4) is 5.75 Å². The zero-order valence-electron chi connectivity index (χ0n) is 12.6. The van der Waals surface area contributed by atoms with Crippen LogP contribution in [-0.4, -0.2) is 29.8 Å². The quantitative estimate of drug-likeness (QED) is 0.671. The van der Waals surface area contributed by atoms with Crippen molar-refractivity contribution in [3.05, 3.63) is 42.0 Å². The van der Waals surface area contributed by atoms with Crippen molar-refractivity contribution in [3.63, 3.8) is 0 Å². The minimum Gasteiger partial charge on any atom is -0.496 e. The number of carbonyl (C=O) groups is 3. The molecule has 1 aliphatic heterocycles. The van der Waals surface area contributed by atoms with Gasteiger partial charge in [-0.2, -0.15) is 5.01 Å². The number of carbonyl (C=O) groups excluding carboxylic acids is 3. The second-order valence-electron chi connectivity index (χ2n) is 6.15. The third-order valence-electron chi connectivity index (χ3n) is 5.04. The number of ether oxygens (including phenoxy) is 1. The zero-order chi connectivity index (χ0) is 16.1. The fraction of sp³-hybridized carbons (Fsp3) is 0.353. The predicted molar refractivity (Wildman–Crippen MR) is 80.0 cm³/mol. The number of hydrazine groups is 1. The summed E-state index contributed by atoms with van der Waals surface area (Å²) in [6.07, 6.45) is 4.90. The molecular formula is C17H16N2O4. The van der Waals surface area contributed by atoms with Crippen LogP contribution in [0.2, 0.25) is 0 Å². The Bertz CT molecular complexity index is 712. The normalized spacial score (nSPS) is 30.7. The Morgan fingerprint density at radius 3 is 2.35 bits per heavy atom. The van der Waals surface area contributed by atoms with Crippen molar-refractivity contribution in [2.45, 2.75) is 6.42 Å². The number of nitrogens with zero attached hydrogens (tertiary/aromatic N) is 1. The molecule has 1 heterocycles. The average molecular weight is 312 g/mol. The fourth-order valence-corrected chi connectivity index (χ4v) is 4.01. The monoisotopic (exact) mass is 312 g/mol. The van der Waals surface area contributed by atoms with E-state index in [0.29, 0.717) is 5.75 Å². The van der Waals surface area contributed by atoms with E-state index in [1.54, 1.807) is 24.3 Å². The Morgan fingerprint density at radius 2 is 1.74 bits per heavy atom. The average Bonchev–Trinajstić information content (AvgIpc) is 3.24. The van der Waals surface area contributed by atoms with Gasteiger partial charge in [0.1, 0.15) is 5.75 Å². The number of allylic oxidation sites excluding steroid dienone is 2. The van der Waals surface area contributed by atoms with Gasteiger partial charge in [0.2, 0.25) is 0 Å². The summed E-state index contributed by atoms with van der Waals surface area (Å²) in [5.74, 6) is -1.15. The van der Waals surface area contributed by atoms with Gasteiger partial charge in [0.05, 0.1) is 24.5 Å². The SMILES string of the molecule is COc1ccccc1C(=O)NN1C(=O)[C@@H]2[C@H](C1=O)[C@@H]1C=C[C@H]2C1. The van der Waals surface area contributed by atoms with Gasteiger partial charge in [0, 0.05) is 0 Å². The molecular weight excluding hydrogens is 296 g/mol. The predicted octanol–water partition coefficient (Wildman–Crippen LogP) is 1.15. The van der Waals surface area contributed by atoms with Crippen LogP contribution in [0.4, 0.5) is 0 Å². The molecule has 4 rings (SSSR count). The van der Waals surface area contributed by atoms with E-state index in [1.165, 1.54) is 7.11 Å². The first kappa shape index (κ1) is 14.0. The van der Waals surface area contributed by atoms with Crippen molar-refractivity contribution < 1.29 is 19.1 Å². The van der Waals surface area contributed by atoms with Crippen LogP contribution in [-0.2, 0) is 9.59 Å². The van der Waals surface area contributed by atoms with Crippen LogP contribution in [0.3, 0.4) is 0 Å². The van der Waals surface area contributed by atoms with Gasteiger partial charge in [-0.05, 0) is 30.4 Å². The van der Waals surface area contributed by atoms with Crippen LogP contribution in [0.1, 0.15) is 16.8 Å². The molecule has 4 atom stereocenters. The number of imide groups is 1. The Kier molecular flexibility index (Phi) is 3.01. The maximum atomic E-state index is 12.5. The molecule has 1 aromatic carbocycles. The number of benzene rings is 1. The van der Waals surface area contributed by atoms with E-state index < -0.39 is 5.91 Å². The van der Waals surface area contributed by atoms with Crippen molar-refractivity contribution in [1.29, 1.82) is 0 Å². The van der Waals surface area contributed by atoms with Gasteiger partial charge in [-0.25, -0.2) is 0 Å². The van der Waals surface area contributed by atoms with Gasteiger partial charge in [-0.3, -0.25) is 19.8 Å². The van der Waals surface area contributed by atoms with Gasteiger partial charge in [-0.15, -0.1) is 0 Å². The first-order valence-electron chi connectivity index (χ1n) is 7.62. The minimum absolute atomic E-state index is 0.120. The minimum atomic E-state index is -0.524. The van der Waals surface area contributed by atoms with Crippen LogP contribution < -0.4 is 10.2 Å². The Morgan fingerprint density at radius 1 is 1.13 bits per heavy atom. The molecule has 6 nitrogen and oxygen atoms in total. The molecule has 0 spiro atoms. The number of methoxy groups -OCH3 is 1. The lowest BCUT2D eigenvalue weighted by Crippen LogP contribution is -2.47. The van der Waals surface area contributed by atoms with Gasteiger partial charge in [-0.1, -0.05) is 24.3 Å². The number of rotatable bonds is 3. The fourth-order valence-electron chi connectivity index (χ4n) is 4.01. The highest BCUT2D eigenvalue weighted by molar-refractivity contribution is 6.09. The summed E-state index contributed by atoms with van der Waals surface area (Å²) in [7, 11) is 1.46. The van der Waals surface area contributed by atoms with Gasteiger partial charge in [0.15, 0.2) is 0 Å². The molecule has 2 aliphatic carbocycles. The molecule has 1 saturated carbocycles. The maximum Gasteiger partial charge on any atom is 0.274 e. The molecule has 23 heavy (non-hydrogen) atoms. The van der Waals surface area contributed by atoms with E-state index in [1.807, 2.05) is 12.2 Å². The maximum absolute atomic E-state index is 12.5. The molecule has 2 fully saturated rings. The molecule has 0 radical (unpaired) electrons. The molecule has 1 aromatic rings. The van der Waals surface area contributed by atoms with E-state index in [0.717, 1.165) is 11.4 Å². The zero-order valence-corrected chi connectivity index (χ0v) is 12.6. The topological polar surface area (TPSA) is 75.7 Å². The summed E-state index contributed by atoms with van der Waals surface area (Å²) in [6.45, 7) is 0. The largest absolute Gasteiger partial charge is 0.496 e. The third kappa shape index (κ3) is 1.91. The van der Waals surface area contributed by atoms with Crippen LogP contribution in [0.5, 0.6) is 5.75 Å². The number of hydrogen-bond acceptors (Lipinski definition) is 4. The molecule has 1 saturated heterocycles. The van der Waals surface area contributed by atoms with Gasteiger partial charge >= 0.3 is 0 Å². The molecule has 6 heteroatoms. The van der Waals surface area contributed by atoms with Crippen LogP contribution in [0.25, 0.3) is 0 Å². The second-order valence-corrected chi connectivity index (χ2v) is 6.15. The van der Waals surface area contributed by atoms with Crippen LogP contribution in [0, 0.1) is 23.7 Å². The van der Waals surface area contributed by atoms with Crippen molar-refractivity contribution >= 4 is 17.7 Å². The molecule has 3 amide bonds. The number of para-hydroxylation sites is 1. The molecule has 0 unspecified atom stereocenters. The first-order chi connectivity index (χ1) is 11.1. The number of amides is 3. The highest BCUT2D eigenvalue weighted by Crippen LogP contribution is 2.52. The lowest BCUT2D eigenvalue weighted by molar-refractivity contribution is -0.143. The summed E-state index contributed by atoms with van der Waals surface area (Å²) in [4.78, 5) is 37.5. The number of nitrogens with one attached hydrogen (secondary N) is 1. The molecule has 3 aliphatic rings.